The normalized spacial score (nSPS) is 12.4. The van der Waals surface area contributed by atoms with Crippen LogP contribution in [0.3, 0.4) is 0 Å². The van der Waals surface area contributed by atoms with Crippen molar-refractivity contribution in [2.24, 2.45) is 0 Å². The molecule has 2 aromatic carbocycles. The fraction of sp³-hybridized carbons (Fsp3) is 0.333. The molecule has 0 radical (unpaired) electrons. The van der Waals surface area contributed by atoms with Gasteiger partial charge >= 0.3 is 0 Å². The Balaban J connectivity index is 2.12. The summed E-state index contributed by atoms with van der Waals surface area (Å²) >= 11 is 0. The van der Waals surface area contributed by atoms with Gasteiger partial charge in [-0.25, -0.2) is 8.78 Å². The Hall–Kier alpha value is -1.74. The topological polar surface area (TPSA) is 12.0 Å². The maximum absolute atomic E-state index is 13.3. The second kappa shape index (κ2) is 6.81. The van der Waals surface area contributed by atoms with E-state index >= 15 is 0 Å². The summed E-state index contributed by atoms with van der Waals surface area (Å²) in [5, 5.41) is 3.23. The van der Waals surface area contributed by atoms with Crippen molar-refractivity contribution in [1.82, 2.24) is 5.32 Å². The van der Waals surface area contributed by atoms with E-state index in [1.807, 2.05) is 7.05 Å². The molecular weight excluding hydrogens is 268 g/mol. The van der Waals surface area contributed by atoms with Gasteiger partial charge in [0.1, 0.15) is 11.6 Å². The SMILES string of the molecule is CNC(Cc1cc(C)cc(C)c1)Cc1cc(F)cc(F)c1. The Morgan fingerprint density at radius 2 is 1.29 bits per heavy atom. The Bertz CT molecular complexity index is 529. The van der Waals surface area contributed by atoms with Crippen molar-refractivity contribution in [1.29, 1.82) is 0 Å². The van der Waals surface area contributed by atoms with Gasteiger partial charge in [-0.2, -0.15) is 0 Å². The molecule has 0 aliphatic heterocycles. The monoisotopic (exact) mass is 289 g/mol. The van der Waals surface area contributed by atoms with Crippen molar-refractivity contribution in [3.8, 4) is 0 Å². The minimum Gasteiger partial charge on any atom is -0.316 e. The number of halogens is 2. The van der Waals surface area contributed by atoms with Crippen LogP contribution >= 0.6 is 0 Å². The predicted molar refractivity (Wildman–Crippen MR) is 82.5 cm³/mol. The van der Waals surface area contributed by atoms with Gasteiger partial charge in [-0.1, -0.05) is 29.3 Å². The van der Waals surface area contributed by atoms with E-state index in [0.29, 0.717) is 12.0 Å². The van der Waals surface area contributed by atoms with E-state index < -0.39 is 11.6 Å². The van der Waals surface area contributed by atoms with Gasteiger partial charge in [-0.05, 0) is 57.0 Å². The molecule has 3 heteroatoms. The van der Waals surface area contributed by atoms with Crippen LogP contribution in [0.25, 0.3) is 0 Å². The lowest BCUT2D eigenvalue weighted by Crippen LogP contribution is -2.30. The van der Waals surface area contributed by atoms with Crippen molar-refractivity contribution in [2.45, 2.75) is 32.7 Å². The first-order valence-corrected chi connectivity index (χ1v) is 7.15. The second-order valence-electron chi connectivity index (χ2n) is 5.67. The number of hydrogen-bond acceptors (Lipinski definition) is 1. The first kappa shape index (κ1) is 15.6. The minimum atomic E-state index is -0.522. The highest BCUT2D eigenvalue weighted by Gasteiger charge is 2.11. The smallest absolute Gasteiger partial charge is 0.126 e. The molecule has 112 valence electrons. The number of aryl methyl sites for hydroxylation is 2. The largest absolute Gasteiger partial charge is 0.316 e. The zero-order chi connectivity index (χ0) is 15.4. The molecule has 0 saturated heterocycles. The molecule has 0 fully saturated rings. The van der Waals surface area contributed by atoms with E-state index in [1.165, 1.54) is 28.8 Å². The van der Waals surface area contributed by atoms with E-state index in [2.05, 4.69) is 37.4 Å². The van der Waals surface area contributed by atoms with Crippen LogP contribution in [0.1, 0.15) is 22.3 Å². The highest BCUT2D eigenvalue weighted by Crippen LogP contribution is 2.15. The highest BCUT2D eigenvalue weighted by atomic mass is 19.1. The molecule has 0 aliphatic rings. The fourth-order valence-electron chi connectivity index (χ4n) is 2.76. The maximum Gasteiger partial charge on any atom is 0.126 e. The molecule has 1 atom stereocenters. The molecule has 0 aromatic heterocycles. The summed E-state index contributed by atoms with van der Waals surface area (Å²) in [6.45, 7) is 4.15. The molecule has 0 heterocycles. The van der Waals surface area contributed by atoms with Gasteiger partial charge in [0.05, 0.1) is 0 Å². The Kier molecular flexibility index (Phi) is 5.07. The molecule has 1 nitrogen and oxygen atoms in total. The van der Waals surface area contributed by atoms with Crippen LogP contribution < -0.4 is 5.32 Å². The third-order valence-electron chi connectivity index (χ3n) is 3.58. The quantitative estimate of drug-likeness (QED) is 0.878. The van der Waals surface area contributed by atoms with Crippen molar-refractivity contribution in [3.05, 3.63) is 70.3 Å². The van der Waals surface area contributed by atoms with Gasteiger partial charge in [-0.3, -0.25) is 0 Å². The third-order valence-corrected chi connectivity index (χ3v) is 3.58. The lowest BCUT2D eigenvalue weighted by atomic mass is 9.97. The molecule has 2 aromatic rings. The minimum absolute atomic E-state index is 0.146. The van der Waals surface area contributed by atoms with Crippen molar-refractivity contribution in [2.75, 3.05) is 7.05 Å². The van der Waals surface area contributed by atoms with Crippen LogP contribution in [0.4, 0.5) is 8.78 Å². The van der Waals surface area contributed by atoms with Crippen LogP contribution in [0, 0.1) is 25.5 Å². The molecule has 0 aliphatic carbocycles. The van der Waals surface area contributed by atoms with Crippen LogP contribution in [-0.2, 0) is 12.8 Å². The van der Waals surface area contributed by atoms with Crippen LogP contribution in [-0.4, -0.2) is 13.1 Å². The number of nitrogens with one attached hydrogen (secondary N) is 1. The summed E-state index contributed by atoms with van der Waals surface area (Å²) in [6.07, 6.45) is 1.43. The van der Waals surface area contributed by atoms with Gasteiger partial charge in [-0.15, -0.1) is 0 Å². The Morgan fingerprint density at radius 3 is 1.76 bits per heavy atom. The summed E-state index contributed by atoms with van der Waals surface area (Å²) in [6, 6.07) is 10.3. The van der Waals surface area contributed by atoms with Crippen molar-refractivity contribution in [3.63, 3.8) is 0 Å². The fourth-order valence-corrected chi connectivity index (χ4v) is 2.76. The number of rotatable bonds is 5. The number of benzene rings is 2. The zero-order valence-corrected chi connectivity index (χ0v) is 12.7. The first-order valence-electron chi connectivity index (χ1n) is 7.15. The zero-order valence-electron chi connectivity index (χ0n) is 12.7. The highest BCUT2D eigenvalue weighted by molar-refractivity contribution is 5.29. The van der Waals surface area contributed by atoms with E-state index in [9.17, 15) is 8.78 Å². The predicted octanol–water partition coefficient (Wildman–Crippen LogP) is 3.95. The summed E-state index contributed by atoms with van der Waals surface area (Å²) in [5.74, 6) is -1.04. The van der Waals surface area contributed by atoms with Gasteiger partial charge in [0.2, 0.25) is 0 Å². The third kappa shape index (κ3) is 4.64. The number of hydrogen-bond donors (Lipinski definition) is 1. The van der Waals surface area contributed by atoms with Gasteiger partial charge in [0.25, 0.3) is 0 Å². The summed E-state index contributed by atoms with van der Waals surface area (Å²) in [4.78, 5) is 0. The summed E-state index contributed by atoms with van der Waals surface area (Å²) in [5.41, 5.74) is 4.38. The molecule has 0 bridgehead atoms. The lowest BCUT2D eigenvalue weighted by Gasteiger charge is -2.17. The summed E-state index contributed by atoms with van der Waals surface area (Å²) in [7, 11) is 1.88. The van der Waals surface area contributed by atoms with E-state index in [1.54, 1.807) is 0 Å². The average molecular weight is 289 g/mol. The van der Waals surface area contributed by atoms with Crippen LogP contribution in [0.15, 0.2) is 36.4 Å². The van der Waals surface area contributed by atoms with Crippen molar-refractivity contribution < 1.29 is 8.78 Å². The average Bonchev–Trinajstić information content (AvgIpc) is 2.35. The lowest BCUT2D eigenvalue weighted by molar-refractivity contribution is 0.543. The molecule has 0 saturated carbocycles. The first-order chi connectivity index (χ1) is 9.96. The van der Waals surface area contributed by atoms with E-state index in [0.717, 1.165) is 12.5 Å². The van der Waals surface area contributed by atoms with E-state index in [4.69, 9.17) is 0 Å². The van der Waals surface area contributed by atoms with Gasteiger partial charge < -0.3 is 5.32 Å². The van der Waals surface area contributed by atoms with Gasteiger partial charge in [0.15, 0.2) is 0 Å². The maximum atomic E-state index is 13.3. The van der Waals surface area contributed by atoms with Crippen LogP contribution in [0.5, 0.6) is 0 Å². The molecular formula is C18H21F2N. The van der Waals surface area contributed by atoms with E-state index in [-0.39, 0.29) is 6.04 Å². The molecule has 1 unspecified atom stereocenters. The molecule has 1 N–H and O–H groups in total. The van der Waals surface area contributed by atoms with Gasteiger partial charge in [0, 0.05) is 12.1 Å². The molecule has 2 rings (SSSR count). The second-order valence-corrected chi connectivity index (χ2v) is 5.67. The van der Waals surface area contributed by atoms with Crippen molar-refractivity contribution >= 4 is 0 Å². The molecule has 0 spiro atoms. The Morgan fingerprint density at radius 1 is 0.810 bits per heavy atom. The number of likely N-dealkylation sites (N-methyl/N-ethyl adjacent to an activating group) is 1. The van der Waals surface area contributed by atoms with Crippen LogP contribution in [0.2, 0.25) is 0 Å². The molecule has 0 amide bonds. The molecule has 21 heavy (non-hydrogen) atoms. The standard InChI is InChI=1S/C18H21F2N/c1-12-4-13(2)6-14(5-12)9-18(21-3)10-15-7-16(19)11-17(20)8-15/h4-8,11,18,21H,9-10H2,1-3H3. The summed E-state index contributed by atoms with van der Waals surface area (Å²) < 4.78 is 26.5. The Labute approximate surface area is 125 Å².